The van der Waals surface area contributed by atoms with Crippen molar-refractivity contribution in [2.45, 2.75) is 13.0 Å². The van der Waals surface area contributed by atoms with Crippen molar-refractivity contribution < 1.29 is 14.3 Å². The highest BCUT2D eigenvalue weighted by Gasteiger charge is 2.26. The minimum absolute atomic E-state index is 0.000726. The number of para-hydroxylation sites is 1. The van der Waals surface area contributed by atoms with E-state index in [1.807, 2.05) is 4.90 Å². The van der Waals surface area contributed by atoms with Crippen LogP contribution in [0.1, 0.15) is 21.6 Å². The standard InChI is InChI=1S/C21H22N2O3/c1-22-19-7-5-4-6-17(19)18-13-23(9-8-20(18)22)21(24)14-10-15(25-2)12-16(11-14)26-3/h4-7,10-12H,8-9,13H2,1-3H3. The summed E-state index contributed by atoms with van der Waals surface area (Å²) in [5.74, 6) is 1.24. The first-order valence-corrected chi connectivity index (χ1v) is 8.70. The number of hydrogen-bond donors (Lipinski definition) is 0. The van der Waals surface area contributed by atoms with Crippen molar-refractivity contribution in [3.8, 4) is 11.5 Å². The highest BCUT2D eigenvalue weighted by Crippen LogP contribution is 2.31. The Bertz CT molecular complexity index is 968. The van der Waals surface area contributed by atoms with Gasteiger partial charge in [-0.2, -0.15) is 0 Å². The molecule has 1 amide bonds. The predicted molar refractivity (Wildman–Crippen MR) is 101 cm³/mol. The molecule has 1 aliphatic rings. The molecule has 26 heavy (non-hydrogen) atoms. The monoisotopic (exact) mass is 350 g/mol. The third kappa shape index (κ3) is 2.60. The zero-order valence-corrected chi connectivity index (χ0v) is 15.3. The Morgan fingerprint density at radius 2 is 1.73 bits per heavy atom. The number of aryl methyl sites for hydroxylation is 1. The molecule has 3 aromatic rings. The quantitative estimate of drug-likeness (QED) is 0.727. The maximum absolute atomic E-state index is 13.1. The second-order valence-electron chi connectivity index (χ2n) is 6.58. The molecule has 0 fully saturated rings. The topological polar surface area (TPSA) is 43.7 Å². The summed E-state index contributed by atoms with van der Waals surface area (Å²) in [5, 5.41) is 1.23. The summed E-state index contributed by atoms with van der Waals surface area (Å²) >= 11 is 0. The number of fused-ring (bicyclic) bond motifs is 3. The summed E-state index contributed by atoms with van der Waals surface area (Å²) < 4.78 is 12.8. The minimum Gasteiger partial charge on any atom is -0.497 e. The van der Waals surface area contributed by atoms with E-state index in [0.29, 0.717) is 30.2 Å². The highest BCUT2D eigenvalue weighted by atomic mass is 16.5. The third-order valence-corrected chi connectivity index (χ3v) is 5.20. The average Bonchev–Trinajstić information content (AvgIpc) is 2.99. The van der Waals surface area contributed by atoms with Crippen LogP contribution in [-0.2, 0) is 20.0 Å². The number of aromatic nitrogens is 1. The van der Waals surface area contributed by atoms with Crippen molar-refractivity contribution in [2.75, 3.05) is 20.8 Å². The van der Waals surface area contributed by atoms with E-state index in [9.17, 15) is 4.79 Å². The first-order chi connectivity index (χ1) is 12.6. The molecule has 1 aliphatic heterocycles. The van der Waals surface area contributed by atoms with Gasteiger partial charge in [0.1, 0.15) is 11.5 Å². The van der Waals surface area contributed by atoms with Crippen LogP contribution in [0.15, 0.2) is 42.5 Å². The van der Waals surface area contributed by atoms with Crippen molar-refractivity contribution in [2.24, 2.45) is 7.05 Å². The molecule has 0 saturated heterocycles. The molecule has 0 saturated carbocycles. The lowest BCUT2D eigenvalue weighted by atomic mass is 10.0. The first-order valence-electron chi connectivity index (χ1n) is 8.70. The van der Waals surface area contributed by atoms with Crippen LogP contribution in [0.4, 0.5) is 0 Å². The Hall–Kier alpha value is -2.95. The number of carbonyl (C=O) groups excluding carboxylic acids is 1. The van der Waals surface area contributed by atoms with Crippen LogP contribution in [0.25, 0.3) is 10.9 Å². The molecular weight excluding hydrogens is 328 g/mol. The molecule has 0 aliphatic carbocycles. The Kier molecular flexibility index (Phi) is 4.07. The smallest absolute Gasteiger partial charge is 0.254 e. The van der Waals surface area contributed by atoms with Crippen molar-refractivity contribution in [1.29, 1.82) is 0 Å². The van der Waals surface area contributed by atoms with E-state index in [0.717, 1.165) is 6.42 Å². The Morgan fingerprint density at radius 1 is 1.04 bits per heavy atom. The summed E-state index contributed by atoms with van der Waals surface area (Å²) in [4.78, 5) is 15.0. The molecule has 0 atom stereocenters. The molecule has 5 heteroatoms. The first kappa shape index (κ1) is 16.5. The van der Waals surface area contributed by atoms with Gasteiger partial charge in [0.15, 0.2) is 0 Å². The lowest BCUT2D eigenvalue weighted by Crippen LogP contribution is -2.36. The Balaban J connectivity index is 1.69. The molecule has 5 nitrogen and oxygen atoms in total. The molecule has 1 aromatic heterocycles. The molecule has 2 heterocycles. The van der Waals surface area contributed by atoms with Crippen LogP contribution in [0.5, 0.6) is 11.5 Å². The zero-order chi connectivity index (χ0) is 18.3. The van der Waals surface area contributed by atoms with Crippen molar-refractivity contribution in [3.63, 3.8) is 0 Å². The summed E-state index contributed by atoms with van der Waals surface area (Å²) in [5.41, 5.74) is 4.37. The van der Waals surface area contributed by atoms with Gasteiger partial charge in [-0.15, -0.1) is 0 Å². The lowest BCUT2D eigenvalue weighted by Gasteiger charge is -2.28. The molecule has 4 rings (SSSR count). The average molecular weight is 350 g/mol. The molecular formula is C21H22N2O3. The number of benzene rings is 2. The van der Waals surface area contributed by atoms with Gasteiger partial charge < -0.3 is 18.9 Å². The van der Waals surface area contributed by atoms with E-state index in [4.69, 9.17) is 9.47 Å². The van der Waals surface area contributed by atoms with E-state index in [2.05, 4.69) is 35.9 Å². The van der Waals surface area contributed by atoms with Gasteiger partial charge in [-0.3, -0.25) is 4.79 Å². The number of nitrogens with zero attached hydrogens (tertiary/aromatic N) is 2. The van der Waals surface area contributed by atoms with E-state index in [1.165, 1.54) is 22.2 Å². The molecule has 0 radical (unpaired) electrons. The molecule has 2 aromatic carbocycles. The maximum Gasteiger partial charge on any atom is 0.254 e. The largest absolute Gasteiger partial charge is 0.497 e. The fourth-order valence-corrected chi connectivity index (χ4v) is 3.82. The van der Waals surface area contributed by atoms with Crippen LogP contribution in [0.2, 0.25) is 0 Å². The second-order valence-corrected chi connectivity index (χ2v) is 6.58. The van der Waals surface area contributed by atoms with Crippen molar-refractivity contribution >= 4 is 16.8 Å². The lowest BCUT2D eigenvalue weighted by molar-refractivity contribution is 0.0733. The van der Waals surface area contributed by atoms with E-state index in [-0.39, 0.29) is 5.91 Å². The minimum atomic E-state index is 0.000726. The van der Waals surface area contributed by atoms with Gasteiger partial charge in [0.2, 0.25) is 0 Å². The van der Waals surface area contributed by atoms with E-state index < -0.39 is 0 Å². The van der Waals surface area contributed by atoms with E-state index in [1.54, 1.807) is 32.4 Å². The van der Waals surface area contributed by atoms with Crippen LogP contribution < -0.4 is 9.47 Å². The van der Waals surface area contributed by atoms with Gasteiger partial charge in [0.25, 0.3) is 5.91 Å². The predicted octanol–water partition coefficient (Wildman–Crippen LogP) is 3.39. The summed E-state index contributed by atoms with van der Waals surface area (Å²) in [7, 11) is 5.28. The van der Waals surface area contributed by atoms with Crippen LogP contribution in [-0.4, -0.2) is 36.1 Å². The second kappa shape index (κ2) is 6.41. The number of amides is 1. The third-order valence-electron chi connectivity index (χ3n) is 5.20. The van der Waals surface area contributed by atoms with Gasteiger partial charge in [-0.05, 0) is 18.2 Å². The van der Waals surface area contributed by atoms with Gasteiger partial charge in [-0.25, -0.2) is 0 Å². The molecule has 0 spiro atoms. The van der Waals surface area contributed by atoms with Crippen LogP contribution in [0, 0.1) is 0 Å². The van der Waals surface area contributed by atoms with Crippen LogP contribution in [0.3, 0.4) is 0 Å². The van der Waals surface area contributed by atoms with Crippen molar-refractivity contribution in [1.82, 2.24) is 9.47 Å². The molecule has 0 N–H and O–H groups in total. The van der Waals surface area contributed by atoms with Gasteiger partial charge >= 0.3 is 0 Å². The zero-order valence-electron chi connectivity index (χ0n) is 15.3. The number of carbonyl (C=O) groups is 1. The Morgan fingerprint density at radius 3 is 2.42 bits per heavy atom. The van der Waals surface area contributed by atoms with Crippen molar-refractivity contribution in [3.05, 3.63) is 59.3 Å². The fourth-order valence-electron chi connectivity index (χ4n) is 3.82. The van der Waals surface area contributed by atoms with Gasteiger partial charge in [0.05, 0.1) is 14.2 Å². The molecule has 0 unspecified atom stereocenters. The number of rotatable bonds is 3. The normalized spacial score (nSPS) is 13.6. The van der Waals surface area contributed by atoms with Crippen LogP contribution >= 0.6 is 0 Å². The van der Waals surface area contributed by atoms with E-state index >= 15 is 0 Å². The summed E-state index contributed by atoms with van der Waals surface area (Å²) in [6.45, 7) is 1.32. The highest BCUT2D eigenvalue weighted by molar-refractivity contribution is 5.96. The number of methoxy groups -OCH3 is 2. The molecule has 134 valence electrons. The summed E-state index contributed by atoms with van der Waals surface area (Å²) in [6, 6.07) is 13.7. The van der Waals surface area contributed by atoms with Gasteiger partial charge in [-0.1, -0.05) is 18.2 Å². The number of ether oxygens (including phenoxy) is 2. The SMILES string of the molecule is COc1cc(OC)cc(C(=O)N2CCc3c(c4ccccc4n3C)C2)c1. The molecule has 0 bridgehead atoms. The fraction of sp³-hybridized carbons (Fsp3) is 0.286. The maximum atomic E-state index is 13.1. The van der Waals surface area contributed by atoms with Gasteiger partial charge in [0, 0.05) is 60.3 Å². The number of hydrogen-bond acceptors (Lipinski definition) is 3. The Labute approximate surface area is 152 Å². The summed E-state index contributed by atoms with van der Waals surface area (Å²) in [6.07, 6.45) is 0.855.